The van der Waals surface area contributed by atoms with Crippen LogP contribution in [0.1, 0.15) is 12.0 Å². The summed E-state index contributed by atoms with van der Waals surface area (Å²) in [4.78, 5) is 0. The molecule has 1 saturated heterocycles. The van der Waals surface area contributed by atoms with Gasteiger partial charge in [0.25, 0.3) is 0 Å². The summed E-state index contributed by atoms with van der Waals surface area (Å²) in [7, 11) is -2.79. The van der Waals surface area contributed by atoms with Crippen molar-refractivity contribution < 1.29 is 17.2 Å². The molecule has 1 aliphatic heterocycles. The zero-order valence-corrected chi connectivity index (χ0v) is 10.5. The predicted molar refractivity (Wildman–Crippen MR) is 65.0 cm³/mol. The highest BCUT2D eigenvalue weighted by Gasteiger charge is 2.22. The molecule has 0 spiro atoms. The standard InChI is InChI=1S/C11H10F2O2S2/c12-9-3-1-4-10(13)8(9)7-11-16(14)5-2-6-17(11)15/h1,3-4,7H,2,5-6H2/t16-,17-/m1/s1. The summed E-state index contributed by atoms with van der Waals surface area (Å²) in [5.74, 6) is -0.685. The van der Waals surface area contributed by atoms with Gasteiger partial charge in [0, 0.05) is 17.1 Å². The first-order chi connectivity index (χ1) is 8.09. The van der Waals surface area contributed by atoms with E-state index in [4.69, 9.17) is 0 Å². The fourth-order valence-electron chi connectivity index (χ4n) is 1.52. The highest BCUT2D eigenvalue weighted by atomic mass is 32.2. The van der Waals surface area contributed by atoms with E-state index in [1.54, 1.807) is 0 Å². The SMILES string of the molecule is O=[S@@]1CCC[S@@](=O)C1=Cc1c(F)cccc1F. The Kier molecular flexibility index (Phi) is 3.83. The van der Waals surface area contributed by atoms with Crippen LogP contribution < -0.4 is 0 Å². The Bertz CT molecular complexity index is 488. The fraction of sp³-hybridized carbons (Fsp3) is 0.273. The van der Waals surface area contributed by atoms with Gasteiger partial charge in [0.1, 0.15) is 15.9 Å². The topological polar surface area (TPSA) is 34.1 Å². The molecule has 0 saturated carbocycles. The molecular weight excluding hydrogens is 266 g/mol. The predicted octanol–water partition coefficient (Wildman–Crippen LogP) is 2.16. The second-order valence-electron chi connectivity index (χ2n) is 3.55. The van der Waals surface area contributed by atoms with Gasteiger partial charge in [0.2, 0.25) is 0 Å². The minimum atomic E-state index is -1.40. The third-order valence-electron chi connectivity index (χ3n) is 2.37. The third kappa shape index (κ3) is 2.69. The molecule has 2 nitrogen and oxygen atoms in total. The van der Waals surface area contributed by atoms with Crippen LogP contribution in [0.15, 0.2) is 22.4 Å². The van der Waals surface area contributed by atoms with Crippen LogP contribution in [0.25, 0.3) is 6.08 Å². The molecule has 0 aromatic heterocycles. The first kappa shape index (κ1) is 12.6. The van der Waals surface area contributed by atoms with Gasteiger partial charge in [-0.25, -0.2) is 8.78 Å². The Morgan fingerprint density at radius 1 is 1.06 bits per heavy atom. The monoisotopic (exact) mass is 276 g/mol. The number of hydrogen-bond acceptors (Lipinski definition) is 2. The molecule has 17 heavy (non-hydrogen) atoms. The molecule has 2 rings (SSSR count). The number of benzene rings is 1. The van der Waals surface area contributed by atoms with Crippen molar-refractivity contribution in [3.05, 3.63) is 39.6 Å². The van der Waals surface area contributed by atoms with E-state index in [1.807, 2.05) is 0 Å². The van der Waals surface area contributed by atoms with Crippen molar-refractivity contribution in [1.82, 2.24) is 0 Å². The number of rotatable bonds is 1. The quantitative estimate of drug-likeness (QED) is 0.787. The molecule has 6 heteroatoms. The van der Waals surface area contributed by atoms with Gasteiger partial charge in [-0.2, -0.15) is 0 Å². The average molecular weight is 276 g/mol. The average Bonchev–Trinajstić information content (AvgIpc) is 2.27. The summed E-state index contributed by atoms with van der Waals surface area (Å²) < 4.78 is 50.2. The molecule has 92 valence electrons. The van der Waals surface area contributed by atoms with Crippen LogP contribution in [0.2, 0.25) is 0 Å². The van der Waals surface area contributed by atoms with Gasteiger partial charge in [-0.1, -0.05) is 6.07 Å². The summed E-state index contributed by atoms with van der Waals surface area (Å²) in [5.41, 5.74) is -0.272. The summed E-state index contributed by atoms with van der Waals surface area (Å²) in [5, 5.41) is 0. The van der Waals surface area contributed by atoms with E-state index in [9.17, 15) is 17.2 Å². The van der Waals surface area contributed by atoms with Crippen LogP contribution >= 0.6 is 0 Å². The molecule has 0 unspecified atom stereocenters. The molecule has 2 atom stereocenters. The lowest BCUT2D eigenvalue weighted by Crippen LogP contribution is -2.17. The molecule has 1 aliphatic rings. The van der Waals surface area contributed by atoms with E-state index in [2.05, 4.69) is 0 Å². The lowest BCUT2D eigenvalue weighted by Gasteiger charge is -2.13. The van der Waals surface area contributed by atoms with E-state index >= 15 is 0 Å². The minimum absolute atomic E-state index is 0.125. The zero-order valence-electron chi connectivity index (χ0n) is 8.82. The van der Waals surface area contributed by atoms with Gasteiger partial charge in [-0.05, 0) is 24.6 Å². The van der Waals surface area contributed by atoms with Crippen molar-refractivity contribution in [2.45, 2.75) is 6.42 Å². The minimum Gasteiger partial charge on any atom is -0.254 e. The summed E-state index contributed by atoms with van der Waals surface area (Å²) in [6, 6.07) is 3.48. The Hall–Kier alpha value is -0.880. The molecule has 0 aliphatic carbocycles. The lowest BCUT2D eigenvalue weighted by molar-refractivity contribution is 0.579. The van der Waals surface area contributed by atoms with Gasteiger partial charge in [-0.3, -0.25) is 8.42 Å². The van der Waals surface area contributed by atoms with Gasteiger partial charge in [-0.15, -0.1) is 0 Å². The van der Waals surface area contributed by atoms with E-state index < -0.39 is 33.2 Å². The van der Waals surface area contributed by atoms with Crippen LogP contribution in [0, 0.1) is 11.6 Å². The van der Waals surface area contributed by atoms with Crippen LogP contribution in [-0.4, -0.2) is 19.9 Å². The van der Waals surface area contributed by atoms with Crippen LogP contribution in [0.4, 0.5) is 8.78 Å². The second-order valence-corrected chi connectivity index (χ2v) is 6.89. The first-order valence-electron chi connectivity index (χ1n) is 5.02. The second kappa shape index (κ2) is 5.18. The van der Waals surface area contributed by atoms with Crippen molar-refractivity contribution in [3.63, 3.8) is 0 Å². The van der Waals surface area contributed by atoms with Crippen molar-refractivity contribution >= 4 is 27.7 Å². The van der Waals surface area contributed by atoms with Crippen LogP contribution in [0.3, 0.4) is 0 Å². The zero-order chi connectivity index (χ0) is 12.4. The highest BCUT2D eigenvalue weighted by Crippen LogP contribution is 2.22. The maximum atomic E-state index is 13.4. The largest absolute Gasteiger partial charge is 0.254 e. The van der Waals surface area contributed by atoms with E-state index in [0.29, 0.717) is 17.9 Å². The van der Waals surface area contributed by atoms with Crippen molar-refractivity contribution in [2.75, 3.05) is 11.5 Å². The van der Waals surface area contributed by atoms with E-state index in [1.165, 1.54) is 6.07 Å². The molecule has 0 N–H and O–H groups in total. The Morgan fingerprint density at radius 3 is 2.12 bits per heavy atom. The molecule has 1 heterocycles. The Morgan fingerprint density at radius 2 is 1.59 bits per heavy atom. The third-order valence-corrected chi connectivity index (χ3v) is 5.94. The van der Waals surface area contributed by atoms with Crippen molar-refractivity contribution in [1.29, 1.82) is 0 Å². The summed E-state index contributed by atoms with van der Waals surface area (Å²) >= 11 is 0. The normalized spacial score (nSPS) is 24.7. The molecule has 1 fully saturated rings. The molecule has 1 aromatic carbocycles. The van der Waals surface area contributed by atoms with Gasteiger partial charge >= 0.3 is 0 Å². The molecule has 0 radical (unpaired) electrons. The molecule has 0 bridgehead atoms. The van der Waals surface area contributed by atoms with Crippen molar-refractivity contribution in [3.8, 4) is 0 Å². The lowest BCUT2D eigenvalue weighted by atomic mass is 10.2. The maximum Gasteiger partial charge on any atom is 0.133 e. The van der Waals surface area contributed by atoms with Crippen molar-refractivity contribution in [2.24, 2.45) is 0 Å². The summed E-state index contributed by atoms with van der Waals surface area (Å²) in [6.45, 7) is 0. The van der Waals surface area contributed by atoms with Gasteiger partial charge < -0.3 is 0 Å². The van der Waals surface area contributed by atoms with E-state index in [-0.39, 0.29) is 9.80 Å². The fourth-order valence-corrected chi connectivity index (χ4v) is 4.75. The Balaban J connectivity index is 2.47. The van der Waals surface area contributed by atoms with Crippen LogP contribution in [-0.2, 0) is 21.6 Å². The molecule has 1 aromatic rings. The maximum absolute atomic E-state index is 13.4. The summed E-state index contributed by atoms with van der Waals surface area (Å²) in [6.07, 6.45) is 1.73. The first-order valence-corrected chi connectivity index (χ1v) is 7.66. The van der Waals surface area contributed by atoms with Gasteiger partial charge in [0.05, 0.1) is 21.6 Å². The smallest absolute Gasteiger partial charge is 0.133 e. The van der Waals surface area contributed by atoms with Gasteiger partial charge in [0.15, 0.2) is 0 Å². The molecule has 0 amide bonds. The van der Waals surface area contributed by atoms with Crippen LogP contribution in [0.5, 0.6) is 0 Å². The molecular formula is C11H10F2O2S2. The Labute approximate surface area is 103 Å². The highest BCUT2D eigenvalue weighted by molar-refractivity contribution is 8.09. The number of halogens is 2. The number of hydrogen-bond donors (Lipinski definition) is 0. The van der Waals surface area contributed by atoms with E-state index in [0.717, 1.165) is 18.2 Å².